The minimum absolute atomic E-state index is 0.663. The van der Waals surface area contributed by atoms with Crippen molar-refractivity contribution in [2.24, 2.45) is 5.92 Å². The van der Waals surface area contributed by atoms with Crippen molar-refractivity contribution in [3.8, 4) is 17.0 Å². The first-order chi connectivity index (χ1) is 10.6. The molecule has 3 nitrogen and oxygen atoms in total. The first-order valence-electron chi connectivity index (χ1n) is 8.00. The first kappa shape index (κ1) is 16.5. The van der Waals surface area contributed by atoms with Gasteiger partial charge in [0.15, 0.2) is 0 Å². The molecule has 1 aromatic heterocycles. The number of nitrogens with zero attached hydrogens (tertiary/aromatic N) is 1. The van der Waals surface area contributed by atoms with Gasteiger partial charge in [-0.05, 0) is 62.2 Å². The Morgan fingerprint density at radius 3 is 2.41 bits per heavy atom. The standard InChI is InChI=1S/C19H26N2O/c1-5-22-18-9-6-16(7-10-18)19-11-8-17(15(4)21-19)13-20-12-14(2)3/h6-11,14,20H,5,12-13H2,1-4H3. The summed E-state index contributed by atoms with van der Waals surface area (Å²) in [6.45, 7) is 11.1. The lowest BCUT2D eigenvalue weighted by atomic mass is 10.1. The van der Waals surface area contributed by atoms with Crippen molar-refractivity contribution in [2.75, 3.05) is 13.2 Å². The average Bonchev–Trinajstić information content (AvgIpc) is 2.50. The van der Waals surface area contributed by atoms with Crippen LogP contribution in [0, 0.1) is 12.8 Å². The lowest BCUT2D eigenvalue weighted by Gasteiger charge is -2.11. The van der Waals surface area contributed by atoms with Gasteiger partial charge in [-0.25, -0.2) is 0 Å². The van der Waals surface area contributed by atoms with E-state index in [-0.39, 0.29) is 0 Å². The van der Waals surface area contributed by atoms with Crippen molar-refractivity contribution in [3.05, 3.63) is 47.7 Å². The normalized spacial score (nSPS) is 11.0. The number of aromatic nitrogens is 1. The largest absolute Gasteiger partial charge is 0.494 e. The van der Waals surface area contributed by atoms with Gasteiger partial charge < -0.3 is 10.1 Å². The molecule has 0 fully saturated rings. The van der Waals surface area contributed by atoms with Crippen LogP contribution in [0.5, 0.6) is 5.75 Å². The highest BCUT2D eigenvalue weighted by atomic mass is 16.5. The highest BCUT2D eigenvalue weighted by Gasteiger charge is 2.05. The molecular formula is C19H26N2O. The zero-order valence-electron chi connectivity index (χ0n) is 14.0. The molecule has 0 bridgehead atoms. The number of hydrogen-bond acceptors (Lipinski definition) is 3. The Hall–Kier alpha value is -1.87. The van der Waals surface area contributed by atoms with Gasteiger partial charge in [0.1, 0.15) is 5.75 Å². The number of rotatable bonds is 7. The van der Waals surface area contributed by atoms with Gasteiger partial charge in [-0.3, -0.25) is 4.98 Å². The molecule has 2 aromatic rings. The summed E-state index contributed by atoms with van der Waals surface area (Å²) < 4.78 is 5.47. The van der Waals surface area contributed by atoms with E-state index in [0.717, 1.165) is 35.8 Å². The monoisotopic (exact) mass is 298 g/mol. The van der Waals surface area contributed by atoms with Crippen molar-refractivity contribution in [1.82, 2.24) is 10.3 Å². The fraction of sp³-hybridized carbons (Fsp3) is 0.421. The second-order valence-electron chi connectivity index (χ2n) is 5.92. The van der Waals surface area contributed by atoms with Crippen LogP contribution in [0.1, 0.15) is 32.0 Å². The second-order valence-corrected chi connectivity index (χ2v) is 5.92. The van der Waals surface area contributed by atoms with Gasteiger partial charge in [-0.15, -0.1) is 0 Å². The van der Waals surface area contributed by atoms with Crippen LogP contribution in [0.15, 0.2) is 36.4 Å². The summed E-state index contributed by atoms with van der Waals surface area (Å²) in [5, 5.41) is 3.47. The molecule has 3 heteroatoms. The van der Waals surface area contributed by atoms with Gasteiger partial charge in [0.25, 0.3) is 0 Å². The fourth-order valence-electron chi connectivity index (χ4n) is 2.32. The minimum Gasteiger partial charge on any atom is -0.494 e. The van der Waals surface area contributed by atoms with E-state index in [1.54, 1.807) is 0 Å². The molecule has 0 aliphatic rings. The second kappa shape index (κ2) is 7.95. The van der Waals surface area contributed by atoms with Crippen molar-refractivity contribution >= 4 is 0 Å². The van der Waals surface area contributed by atoms with Crippen molar-refractivity contribution in [3.63, 3.8) is 0 Å². The Morgan fingerprint density at radius 2 is 1.82 bits per heavy atom. The molecule has 2 rings (SSSR count). The molecule has 118 valence electrons. The Morgan fingerprint density at radius 1 is 1.09 bits per heavy atom. The molecule has 0 spiro atoms. The zero-order chi connectivity index (χ0) is 15.9. The zero-order valence-corrected chi connectivity index (χ0v) is 14.0. The lowest BCUT2D eigenvalue weighted by Crippen LogP contribution is -2.19. The summed E-state index contributed by atoms with van der Waals surface area (Å²) in [7, 11) is 0. The summed E-state index contributed by atoms with van der Waals surface area (Å²) in [5.74, 6) is 1.56. The summed E-state index contributed by atoms with van der Waals surface area (Å²) in [5.41, 5.74) is 4.47. The number of pyridine rings is 1. The highest BCUT2D eigenvalue weighted by molar-refractivity contribution is 5.60. The van der Waals surface area contributed by atoms with Gasteiger partial charge in [-0.1, -0.05) is 19.9 Å². The van der Waals surface area contributed by atoms with Crippen molar-refractivity contribution in [2.45, 2.75) is 34.2 Å². The van der Waals surface area contributed by atoms with Gasteiger partial charge in [0.05, 0.1) is 12.3 Å². The Balaban J connectivity index is 2.07. The van der Waals surface area contributed by atoms with Gasteiger partial charge in [0.2, 0.25) is 0 Å². The molecule has 1 heterocycles. The van der Waals surface area contributed by atoms with E-state index in [9.17, 15) is 0 Å². The van der Waals surface area contributed by atoms with E-state index in [0.29, 0.717) is 12.5 Å². The molecular weight excluding hydrogens is 272 g/mol. The maximum atomic E-state index is 5.47. The summed E-state index contributed by atoms with van der Waals surface area (Å²) in [4.78, 5) is 4.74. The summed E-state index contributed by atoms with van der Waals surface area (Å²) in [6, 6.07) is 12.4. The molecule has 22 heavy (non-hydrogen) atoms. The van der Waals surface area contributed by atoms with E-state index >= 15 is 0 Å². The Labute approximate surface area is 133 Å². The molecule has 0 saturated heterocycles. The van der Waals surface area contributed by atoms with Crippen LogP contribution >= 0.6 is 0 Å². The Bertz CT molecular complexity index is 591. The summed E-state index contributed by atoms with van der Waals surface area (Å²) in [6.07, 6.45) is 0. The third-order valence-electron chi connectivity index (χ3n) is 3.52. The van der Waals surface area contributed by atoms with E-state index in [2.05, 4.69) is 50.4 Å². The van der Waals surface area contributed by atoms with Gasteiger partial charge >= 0.3 is 0 Å². The van der Waals surface area contributed by atoms with E-state index in [1.807, 2.05) is 19.1 Å². The van der Waals surface area contributed by atoms with E-state index in [1.165, 1.54) is 5.56 Å². The quantitative estimate of drug-likeness (QED) is 0.832. The molecule has 0 saturated carbocycles. The molecule has 0 atom stereocenters. The highest BCUT2D eigenvalue weighted by Crippen LogP contribution is 2.22. The maximum Gasteiger partial charge on any atom is 0.119 e. The topological polar surface area (TPSA) is 34.1 Å². The smallest absolute Gasteiger partial charge is 0.119 e. The SMILES string of the molecule is CCOc1ccc(-c2ccc(CNCC(C)C)c(C)n2)cc1. The van der Waals surface area contributed by atoms with Crippen LogP contribution in [0.4, 0.5) is 0 Å². The predicted molar refractivity (Wildman–Crippen MR) is 92.1 cm³/mol. The average molecular weight is 298 g/mol. The Kier molecular flexibility index (Phi) is 5.96. The number of hydrogen-bond donors (Lipinski definition) is 1. The molecule has 0 radical (unpaired) electrons. The number of ether oxygens (including phenoxy) is 1. The maximum absolute atomic E-state index is 5.47. The fourth-order valence-corrected chi connectivity index (χ4v) is 2.32. The first-order valence-corrected chi connectivity index (χ1v) is 8.00. The van der Waals surface area contributed by atoms with Crippen LogP contribution in [0.25, 0.3) is 11.3 Å². The lowest BCUT2D eigenvalue weighted by molar-refractivity contribution is 0.340. The molecule has 0 aliphatic carbocycles. The van der Waals surface area contributed by atoms with Gasteiger partial charge in [0, 0.05) is 17.8 Å². The molecule has 0 amide bonds. The van der Waals surface area contributed by atoms with Gasteiger partial charge in [-0.2, -0.15) is 0 Å². The van der Waals surface area contributed by atoms with Crippen LogP contribution < -0.4 is 10.1 Å². The summed E-state index contributed by atoms with van der Waals surface area (Å²) >= 11 is 0. The van der Waals surface area contributed by atoms with Crippen molar-refractivity contribution in [1.29, 1.82) is 0 Å². The third kappa shape index (κ3) is 4.57. The number of aryl methyl sites for hydroxylation is 1. The van der Waals surface area contributed by atoms with E-state index < -0.39 is 0 Å². The van der Waals surface area contributed by atoms with Crippen molar-refractivity contribution < 1.29 is 4.74 Å². The van der Waals surface area contributed by atoms with Crippen LogP contribution in [-0.4, -0.2) is 18.1 Å². The van der Waals surface area contributed by atoms with Crippen LogP contribution in [-0.2, 0) is 6.54 Å². The minimum atomic E-state index is 0.663. The predicted octanol–water partition coefficient (Wildman–Crippen LogP) is 4.20. The number of nitrogens with one attached hydrogen (secondary N) is 1. The van der Waals surface area contributed by atoms with Crippen LogP contribution in [0.2, 0.25) is 0 Å². The third-order valence-corrected chi connectivity index (χ3v) is 3.52. The molecule has 1 N–H and O–H groups in total. The number of benzene rings is 1. The molecule has 0 unspecified atom stereocenters. The molecule has 0 aliphatic heterocycles. The molecule has 1 aromatic carbocycles. The van der Waals surface area contributed by atoms with Crippen LogP contribution in [0.3, 0.4) is 0 Å². The van der Waals surface area contributed by atoms with E-state index in [4.69, 9.17) is 9.72 Å².